The minimum atomic E-state index is -0.771. The fourth-order valence-electron chi connectivity index (χ4n) is 1.51. The van der Waals surface area contributed by atoms with Crippen LogP contribution in [0, 0.1) is 5.82 Å². The molecule has 2 atom stereocenters. The van der Waals surface area contributed by atoms with Crippen molar-refractivity contribution in [3.05, 3.63) is 47.4 Å². The van der Waals surface area contributed by atoms with Crippen LogP contribution in [0.15, 0.2) is 28.8 Å². The zero-order valence-corrected chi connectivity index (χ0v) is 9.88. The maximum atomic E-state index is 13.0. The van der Waals surface area contributed by atoms with Gasteiger partial charge < -0.3 is 15.4 Å². The van der Waals surface area contributed by atoms with Gasteiger partial charge in [-0.3, -0.25) is 0 Å². The molecule has 3 N–H and O–H groups in total. The summed E-state index contributed by atoms with van der Waals surface area (Å²) in [4.78, 5) is 4.07. The SMILES string of the molecule is C[C@@H](O)[C@H](N)c1nc(Cc2cccc(F)c2)no1. The maximum absolute atomic E-state index is 13.0. The van der Waals surface area contributed by atoms with Crippen LogP contribution in [0.5, 0.6) is 0 Å². The Balaban J connectivity index is 2.11. The molecule has 18 heavy (non-hydrogen) atoms. The number of hydrogen-bond donors (Lipinski definition) is 2. The summed E-state index contributed by atoms with van der Waals surface area (Å²) in [6, 6.07) is 5.46. The number of aliphatic hydroxyl groups is 1. The van der Waals surface area contributed by atoms with Crippen molar-refractivity contribution >= 4 is 0 Å². The molecule has 0 aliphatic rings. The first-order valence-corrected chi connectivity index (χ1v) is 5.57. The number of rotatable bonds is 4. The van der Waals surface area contributed by atoms with E-state index in [1.54, 1.807) is 19.1 Å². The van der Waals surface area contributed by atoms with Crippen molar-refractivity contribution in [2.24, 2.45) is 5.73 Å². The molecule has 0 aliphatic heterocycles. The zero-order valence-electron chi connectivity index (χ0n) is 9.88. The van der Waals surface area contributed by atoms with Gasteiger partial charge in [-0.05, 0) is 24.6 Å². The van der Waals surface area contributed by atoms with E-state index in [4.69, 9.17) is 10.3 Å². The molecule has 0 aliphatic carbocycles. The van der Waals surface area contributed by atoms with Gasteiger partial charge in [-0.2, -0.15) is 4.98 Å². The van der Waals surface area contributed by atoms with Crippen molar-refractivity contribution in [3.8, 4) is 0 Å². The molecule has 0 fully saturated rings. The fourth-order valence-corrected chi connectivity index (χ4v) is 1.51. The summed E-state index contributed by atoms with van der Waals surface area (Å²) in [5.41, 5.74) is 6.41. The number of nitrogens with zero attached hydrogens (tertiary/aromatic N) is 2. The number of nitrogens with two attached hydrogens (primary N) is 1. The summed E-state index contributed by atoms with van der Waals surface area (Å²) >= 11 is 0. The van der Waals surface area contributed by atoms with E-state index >= 15 is 0 Å². The second-order valence-electron chi connectivity index (χ2n) is 4.12. The highest BCUT2D eigenvalue weighted by Crippen LogP contribution is 2.14. The molecule has 1 aromatic heterocycles. The van der Waals surface area contributed by atoms with Crippen LogP contribution in [0.2, 0.25) is 0 Å². The highest BCUT2D eigenvalue weighted by atomic mass is 19.1. The summed E-state index contributed by atoms with van der Waals surface area (Å²) in [5.74, 6) is 0.278. The smallest absolute Gasteiger partial charge is 0.246 e. The maximum Gasteiger partial charge on any atom is 0.246 e. The van der Waals surface area contributed by atoms with Gasteiger partial charge in [0.2, 0.25) is 5.89 Å². The molecule has 6 heteroatoms. The Bertz CT molecular complexity index is 528. The molecule has 0 radical (unpaired) electrons. The highest BCUT2D eigenvalue weighted by molar-refractivity contribution is 5.19. The molecule has 0 amide bonds. The first-order chi connectivity index (χ1) is 8.56. The Morgan fingerprint density at radius 1 is 1.50 bits per heavy atom. The van der Waals surface area contributed by atoms with Crippen LogP contribution in [0.1, 0.15) is 30.2 Å². The molecule has 0 bridgehead atoms. The van der Waals surface area contributed by atoms with E-state index in [9.17, 15) is 9.50 Å². The normalized spacial score (nSPS) is 14.4. The van der Waals surface area contributed by atoms with Crippen molar-refractivity contribution in [3.63, 3.8) is 0 Å². The Morgan fingerprint density at radius 3 is 2.94 bits per heavy atom. The van der Waals surface area contributed by atoms with Gasteiger partial charge in [0.05, 0.1) is 6.10 Å². The molecular formula is C12H14FN3O2. The first-order valence-electron chi connectivity index (χ1n) is 5.57. The van der Waals surface area contributed by atoms with Crippen molar-refractivity contribution < 1.29 is 14.0 Å². The minimum Gasteiger partial charge on any atom is -0.391 e. The monoisotopic (exact) mass is 251 g/mol. The lowest BCUT2D eigenvalue weighted by Gasteiger charge is -2.08. The van der Waals surface area contributed by atoms with Gasteiger partial charge >= 0.3 is 0 Å². The van der Waals surface area contributed by atoms with Gasteiger partial charge in [-0.25, -0.2) is 4.39 Å². The third-order valence-electron chi connectivity index (χ3n) is 2.54. The van der Waals surface area contributed by atoms with Crippen LogP contribution in [0.4, 0.5) is 4.39 Å². The van der Waals surface area contributed by atoms with Crippen molar-refractivity contribution in [1.29, 1.82) is 0 Å². The van der Waals surface area contributed by atoms with Crippen molar-refractivity contribution in [2.45, 2.75) is 25.5 Å². The zero-order chi connectivity index (χ0) is 13.1. The average Bonchev–Trinajstić information content (AvgIpc) is 2.76. The quantitative estimate of drug-likeness (QED) is 0.852. The molecule has 0 spiro atoms. The average molecular weight is 251 g/mol. The summed E-state index contributed by atoms with van der Waals surface area (Å²) in [5, 5.41) is 13.1. The van der Waals surface area contributed by atoms with Crippen molar-refractivity contribution in [2.75, 3.05) is 0 Å². The minimum absolute atomic E-state index is 0.177. The molecule has 2 aromatic rings. The number of hydrogen-bond acceptors (Lipinski definition) is 5. The molecule has 0 unspecified atom stereocenters. The first kappa shape index (κ1) is 12.7. The van der Waals surface area contributed by atoms with Gasteiger partial charge in [-0.15, -0.1) is 0 Å². The van der Waals surface area contributed by atoms with Crippen LogP contribution < -0.4 is 5.73 Å². The van der Waals surface area contributed by atoms with Gasteiger partial charge in [0.25, 0.3) is 0 Å². The summed E-state index contributed by atoms with van der Waals surface area (Å²) in [6.45, 7) is 1.54. The van der Waals surface area contributed by atoms with Crippen LogP contribution in [-0.4, -0.2) is 21.4 Å². The predicted octanol–water partition coefficient (Wildman–Crippen LogP) is 1.18. The second-order valence-corrected chi connectivity index (χ2v) is 4.12. The van der Waals surface area contributed by atoms with Crippen LogP contribution in [0.3, 0.4) is 0 Å². The topological polar surface area (TPSA) is 85.2 Å². The van der Waals surface area contributed by atoms with E-state index in [0.29, 0.717) is 12.2 Å². The lowest BCUT2D eigenvalue weighted by atomic mass is 10.1. The van der Waals surface area contributed by atoms with Crippen molar-refractivity contribution in [1.82, 2.24) is 10.1 Å². The number of benzene rings is 1. The van der Waals surface area contributed by atoms with E-state index in [1.807, 2.05) is 0 Å². The Hall–Kier alpha value is -1.79. The third kappa shape index (κ3) is 2.91. The van der Waals surface area contributed by atoms with E-state index < -0.39 is 12.1 Å². The second kappa shape index (κ2) is 5.24. The summed E-state index contributed by atoms with van der Waals surface area (Å²) in [7, 11) is 0. The molecule has 0 saturated carbocycles. The molecule has 96 valence electrons. The summed E-state index contributed by atoms with van der Waals surface area (Å²) < 4.78 is 17.9. The lowest BCUT2D eigenvalue weighted by Crippen LogP contribution is -2.23. The van der Waals surface area contributed by atoms with Crippen LogP contribution >= 0.6 is 0 Å². The third-order valence-corrected chi connectivity index (χ3v) is 2.54. The number of aromatic nitrogens is 2. The van der Waals surface area contributed by atoms with E-state index in [2.05, 4.69) is 10.1 Å². The van der Waals surface area contributed by atoms with E-state index in [1.165, 1.54) is 12.1 Å². The van der Waals surface area contributed by atoms with Gasteiger partial charge in [0.1, 0.15) is 11.9 Å². The summed E-state index contributed by atoms with van der Waals surface area (Å²) in [6.07, 6.45) is -0.416. The predicted molar refractivity (Wildman–Crippen MR) is 62.1 cm³/mol. The number of aliphatic hydroxyl groups excluding tert-OH is 1. The largest absolute Gasteiger partial charge is 0.391 e. The van der Waals surface area contributed by atoms with E-state index in [0.717, 1.165) is 5.56 Å². The van der Waals surface area contributed by atoms with Crippen LogP contribution in [-0.2, 0) is 6.42 Å². The Labute approximate surface area is 103 Å². The molecule has 1 aromatic carbocycles. The van der Waals surface area contributed by atoms with Gasteiger partial charge in [-0.1, -0.05) is 17.3 Å². The standard InChI is InChI=1S/C12H14FN3O2/c1-7(17)11(14)12-15-10(16-18-12)6-8-3-2-4-9(13)5-8/h2-5,7,11,17H,6,14H2,1H3/t7-,11+/m1/s1. The van der Waals surface area contributed by atoms with Crippen LogP contribution in [0.25, 0.3) is 0 Å². The molecule has 2 rings (SSSR count). The highest BCUT2D eigenvalue weighted by Gasteiger charge is 2.19. The van der Waals surface area contributed by atoms with Gasteiger partial charge in [0.15, 0.2) is 5.82 Å². The van der Waals surface area contributed by atoms with Gasteiger partial charge in [0, 0.05) is 6.42 Å². The molecule has 1 heterocycles. The Morgan fingerprint density at radius 2 is 2.28 bits per heavy atom. The molecule has 0 saturated heterocycles. The molecular weight excluding hydrogens is 237 g/mol. The van der Waals surface area contributed by atoms with E-state index in [-0.39, 0.29) is 11.7 Å². The fraction of sp³-hybridized carbons (Fsp3) is 0.333. The Kier molecular flexibility index (Phi) is 3.69. The molecule has 5 nitrogen and oxygen atoms in total. The lowest BCUT2D eigenvalue weighted by molar-refractivity contribution is 0.146. The number of halogens is 1.